The number of carbonyl (C=O) groups is 1. The number of rotatable bonds is 6. The monoisotopic (exact) mass is 481 g/mol. The van der Waals surface area contributed by atoms with Crippen molar-refractivity contribution in [3.63, 3.8) is 0 Å². The third-order valence-electron chi connectivity index (χ3n) is 7.23. The number of nitrogens with zero attached hydrogens (tertiary/aromatic N) is 2. The molecule has 1 saturated heterocycles. The number of hydrogen-bond acceptors (Lipinski definition) is 6. The molecule has 3 heterocycles. The molecule has 1 aliphatic carbocycles. The highest BCUT2D eigenvalue weighted by molar-refractivity contribution is 7.12. The second-order valence-corrected chi connectivity index (χ2v) is 11.3. The zero-order chi connectivity index (χ0) is 23.0. The first kappa shape index (κ1) is 22.7. The Morgan fingerprint density at radius 1 is 1.21 bits per heavy atom. The van der Waals surface area contributed by atoms with Gasteiger partial charge in [0.2, 0.25) is 0 Å². The predicted molar refractivity (Wildman–Crippen MR) is 134 cm³/mol. The van der Waals surface area contributed by atoms with Gasteiger partial charge in [0.05, 0.1) is 29.3 Å². The first-order valence-corrected chi connectivity index (χ1v) is 13.4. The maximum absolute atomic E-state index is 12.9. The van der Waals surface area contributed by atoms with Crippen molar-refractivity contribution in [1.82, 2.24) is 15.2 Å². The normalized spacial score (nSPS) is 22.1. The molecule has 2 atom stereocenters. The molecule has 1 aliphatic heterocycles. The Hall–Kier alpha value is -2.06. The average Bonchev–Trinajstić information content (AvgIpc) is 3.56. The topological polar surface area (TPSA) is 54.5 Å². The summed E-state index contributed by atoms with van der Waals surface area (Å²) < 4.78 is 6.16. The molecule has 1 N–H and O–H groups in total. The highest BCUT2D eigenvalue weighted by Gasteiger charge is 2.54. The van der Waals surface area contributed by atoms with Gasteiger partial charge in [0.15, 0.2) is 0 Å². The number of hydrogen-bond donors (Lipinski definition) is 1. The number of piperidine rings is 1. The SMILES string of the molecule is CO[C@H]1[C@H](NC(=O)c2cccs2)c2ccccc2C12CCN(Cc1nc(C(C)C)cs1)CC2. The van der Waals surface area contributed by atoms with Gasteiger partial charge in [0.1, 0.15) is 5.01 Å². The zero-order valence-electron chi connectivity index (χ0n) is 19.4. The number of nitrogens with one attached hydrogen (secondary N) is 1. The molecule has 5 rings (SSSR count). The van der Waals surface area contributed by atoms with Crippen LogP contribution in [-0.2, 0) is 16.7 Å². The minimum absolute atomic E-state index is 0.0222. The van der Waals surface area contributed by atoms with Gasteiger partial charge in [-0.3, -0.25) is 9.69 Å². The summed E-state index contributed by atoms with van der Waals surface area (Å²) in [7, 11) is 1.79. The number of likely N-dealkylation sites (tertiary alicyclic amines) is 1. The van der Waals surface area contributed by atoms with E-state index in [0.717, 1.165) is 37.4 Å². The van der Waals surface area contributed by atoms with Gasteiger partial charge < -0.3 is 10.1 Å². The second kappa shape index (κ2) is 9.29. The molecule has 174 valence electrons. The van der Waals surface area contributed by atoms with Gasteiger partial charge in [-0.15, -0.1) is 22.7 Å². The molecule has 2 aromatic heterocycles. The molecular weight excluding hydrogens is 450 g/mol. The quantitative estimate of drug-likeness (QED) is 0.515. The predicted octanol–water partition coefficient (Wildman–Crippen LogP) is 5.36. The van der Waals surface area contributed by atoms with Crippen LogP contribution in [0.3, 0.4) is 0 Å². The van der Waals surface area contributed by atoms with E-state index in [9.17, 15) is 4.79 Å². The van der Waals surface area contributed by atoms with Crippen LogP contribution in [0.4, 0.5) is 0 Å². The van der Waals surface area contributed by atoms with E-state index in [2.05, 4.69) is 53.7 Å². The Balaban J connectivity index is 1.35. The molecule has 1 fully saturated rings. The number of aromatic nitrogens is 1. The van der Waals surface area contributed by atoms with Gasteiger partial charge in [-0.2, -0.15) is 0 Å². The van der Waals surface area contributed by atoms with E-state index in [1.807, 2.05) is 17.5 Å². The summed E-state index contributed by atoms with van der Waals surface area (Å²) in [6.45, 7) is 7.29. The standard InChI is InChI=1S/C26H31N3O2S2/c1-17(2)20-16-33-22(27-20)15-29-12-10-26(11-13-29)19-8-5-4-7-18(19)23(24(26)31-3)28-25(30)21-9-6-14-32-21/h4-9,14,16-17,23-24H,10-13,15H2,1-3H3,(H,28,30)/t23-,24+/m1/s1. The zero-order valence-corrected chi connectivity index (χ0v) is 21.0. The van der Waals surface area contributed by atoms with Gasteiger partial charge in [0, 0.05) is 17.9 Å². The maximum atomic E-state index is 12.9. The molecule has 5 nitrogen and oxygen atoms in total. The fraction of sp³-hybridized carbons (Fsp3) is 0.462. The van der Waals surface area contributed by atoms with Crippen LogP contribution in [0.15, 0.2) is 47.2 Å². The van der Waals surface area contributed by atoms with Crippen LogP contribution in [0.1, 0.15) is 70.1 Å². The van der Waals surface area contributed by atoms with Gasteiger partial charge in [-0.1, -0.05) is 44.2 Å². The highest BCUT2D eigenvalue weighted by Crippen LogP contribution is 2.52. The Labute approximate surface area is 203 Å². The molecule has 0 radical (unpaired) electrons. The number of ether oxygens (including phenoxy) is 1. The Bertz CT molecular complexity index is 1100. The van der Waals surface area contributed by atoms with Crippen LogP contribution in [0, 0.1) is 0 Å². The van der Waals surface area contributed by atoms with Crippen molar-refractivity contribution in [3.8, 4) is 0 Å². The third-order valence-corrected chi connectivity index (χ3v) is 8.95. The molecule has 33 heavy (non-hydrogen) atoms. The Morgan fingerprint density at radius 3 is 2.67 bits per heavy atom. The minimum atomic E-state index is -0.139. The van der Waals surface area contributed by atoms with Crippen molar-refractivity contribution in [2.75, 3.05) is 20.2 Å². The smallest absolute Gasteiger partial charge is 0.261 e. The van der Waals surface area contributed by atoms with E-state index >= 15 is 0 Å². The summed E-state index contributed by atoms with van der Waals surface area (Å²) in [6.07, 6.45) is 1.94. The van der Waals surface area contributed by atoms with E-state index in [-0.39, 0.29) is 23.5 Å². The molecule has 1 amide bonds. The van der Waals surface area contributed by atoms with E-state index < -0.39 is 0 Å². The van der Waals surface area contributed by atoms with Crippen LogP contribution in [0.25, 0.3) is 0 Å². The molecule has 0 saturated carbocycles. The fourth-order valence-electron chi connectivity index (χ4n) is 5.51. The van der Waals surface area contributed by atoms with Crippen molar-refractivity contribution in [2.45, 2.75) is 56.7 Å². The number of fused-ring (bicyclic) bond motifs is 2. The fourth-order valence-corrected chi connectivity index (χ4v) is 7.13. The molecule has 3 aromatic rings. The molecule has 0 bridgehead atoms. The van der Waals surface area contributed by atoms with Crippen LogP contribution in [0.5, 0.6) is 0 Å². The largest absolute Gasteiger partial charge is 0.378 e. The minimum Gasteiger partial charge on any atom is -0.378 e. The lowest BCUT2D eigenvalue weighted by molar-refractivity contribution is -0.0122. The summed E-state index contributed by atoms with van der Waals surface area (Å²) in [5.74, 6) is 0.449. The summed E-state index contributed by atoms with van der Waals surface area (Å²) in [5, 5.41) is 8.63. The number of benzene rings is 1. The van der Waals surface area contributed by atoms with Gasteiger partial charge in [0.25, 0.3) is 5.91 Å². The first-order chi connectivity index (χ1) is 16.0. The van der Waals surface area contributed by atoms with Crippen LogP contribution in [0.2, 0.25) is 0 Å². The van der Waals surface area contributed by atoms with E-state index in [4.69, 9.17) is 9.72 Å². The van der Waals surface area contributed by atoms with Crippen molar-refractivity contribution < 1.29 is 9.53 Å². The molecule has 7 heteroatoms. The number of carbonyl (C=O) groups excluding carboxylic acids is 1. The maximum Gasteiger partial charge on any atom is 0.261 e. The van der Waals surface area contributed by atoms with Crippen LogP contribution < -0.4 is 5.32 Å². The summed E-state index contributed by atoms with van der Waals surface area (Å²) in [5.41, 5.74) is 3.65. The van der Waals surface area contributed by atoms with Crippen molar-refractivity contribution in [1.29, 1.82) is 0 Å². The molecule has 1 aromatic carbocycles. The van der Waals surface area contributed by atoms with Gasteiger partial charge in [-0.25, -0.2) is 4.98 Å². The Kier molecular flexibility index (Phi) is 6.40. The number of thiophene rings is 1. The van der Waals surface area contributed by atoms with Crippen molar-refractivity contribution in [2.24, 2.45) is 0 Å². The molecule has 2 aliphatic rings. The van der Waals surface area contributed by atoms with Gasteiger partial charge in [-0.05, 0) is 54.4 Å². The number of methoxy groups -OCH3 is 1. The Morgan fingerprint density at radius 2 is 2.00 bits per heavy atom. The molecule has 0 unspecified atom stereocenters. The van der Waals surface area contributed by atoms with Gasteiger partial charge >= 0.3 is 0 Å². The first-order valence-electron chi connectivity index (χ1n) is 11.6. The lowest BCUT2D eigenvalue weighted by atomic mass is 9.72. The summed E-state index contributed by atoms with van der Waals surface area (Å²) in [4.78, 5) is 21.0. The average molecular weight is 482 g/mol. The molecule has 1 spiro atoms. The van der Waals surface area contributed by atoms with E-state index in [1.54, 1.807) is 18.4 Å². The van der Waals surface area contributed by atoms with Crippen LogP contribution >= 0.6 is 22.7 Å². The molecular formula is C26H31N3O2S2. The second-order valence-electron chi connectivity index (χ2n) is 9.43. The summed E-state index contributed by atoms with van der Waals surface area (Å²) >= 11 is 3.24. The van der Waals surface area contributed by atoms with Crippen LogP contribution in [-0.4, -0.2) is 42.1 Å². The number of thiazole rings is 1. The number of amides is 1. The lowest BCUT2D eigenvalue weighted by Gasteiger charge is -2.44. The van der Waals surface area contributed by atoms with Crippen molar-refractivity contribution in [3.05, 3.63) is 73.9 Å². The third kappa shape index (κ3) is 4.16. The van der Waals surface area contributed by atoms with Crippen molar-refractivity contribution >= 4 is 28.6 Å². The highest BCUT2D eigenvalue weighted by atomic mass is 32.1. The summed E-state index contributed by atoms with van der Waals surface area (Å²) in [6, 6.07) is 12.2. The van der Waals surface area contributed by atoms with E-state index in [0.29, 0.717) is 5.92 Å². The van der Waals surface area contributed by atoms with E-state index in [1.165, 1.54) is 33.2 Å². The lowest BCUT2D eigenvalue weighted by Crippen LogP contribution is -2.50.